The number of rotatable bonds is 5. The van der Waals surface area contributed by atoms with E-state index in [9.17, 15) is 4.79 Å². The van der Waals surface area contributed by atoms with E-state index < -0.39 is 5.97 Å². The van der Waals surface area contributed by atoms with Gasteiger partial charge in [-0.3, -0.25) is 4.79 Å². The molecule has 3 aromatic carbocycles. The van der Waals surface area contributed by atoms with Crippen LogP contribution in [0.5, 0.6) is 11.5 Å². The van der Waals surface area contributed by atoms with Gasteiger partial charge in [0.05, 0.1) is 18.3 Å². The van der Waals surface area contributed by atoms with Crippen LogP contribution in [0.2, 0.25) is 0 Å². The van der Waals surface area contributed by atoms with Gasteiger partial charge in [-0.05, 0) is 47.0 Å². The summed E-state index contributed by atoms with van der Waals surface area (Å²) in [6.07, 6.45) is 1.81. The third kappa shape index (κ3) is 3.98. The number of benzene rings is 3. The van der Waals surface area contributed by atoms with Crippen molar-refractivity contribution in [3.8, 4) is 39.6 Å². The first-order valence-electron chi connectivity index (χ1n) is 9.90. The number of nitrogens with zero attached hydrogens (tertiary/aromatic N) is 3. The number of ether oxygens (including phenoxy) is 2. The van der Waals surface area contributed by atoms with Crippen LogP contribution in [0, 0.1) is 0 Å². The molecule has 1 N–H and O–H groups in total. The van der Waals surface area contributed by atoms with E-state index >= 15 is 0 Å². The van der Waals surface area contributed by atoms with Gasteiger partial charge in [-0.25, -0.2) is 4.68 Å². The average molecular weight is 413 g/mol. The van der Waals surface area contributed by atoms with Crippen LogP contribution in [0.3, 0.4) is 0 Å². The first kappa shape index (κ1) is 18.9. The lowest BCUT2D eigenvalue weighted by atomic mass is 10.0. The Morgan fingerprint density at radius 1 is 0.903 bits per heavy atom. The first-order chi connectivity index (χ1) is 15.2. The number of hydrogen-bond donors (Lipinski definition) is 1. The minimum absolute atomic E-state index is 0.0245. The van der Waals surface area contributed by atoms with Gasteiger partial charge in [0, 0.05) is 5.56 Å². The van der Waals surface area contributed by atoms with Gasteiger partial charge < -0.3 is 14.6 Å². The van der Waals surface area contributed by atoms with Crippen LogP contribution in [-0.4, -0.2) is 39.3 Å². The second-order valence-corrected chi connectivity index (χ2v) is 7.22. The van der Waals surface area contributed by atoms with Crippen LogP contribution in [0.4, 0.5) is 0 Å². The molecule has 0 unspecified atom stereocenters. The van der Waals surface area contributed by atoms with E-state index in [1.54, 1.807) is 10.7 Å². The third-order valence-electron chi connectivity index (χ3n) is 5.08. The van der Waals surface area contributed by atoms with Crippen LogP contribution < -0.4 is 9.47 Å². The van der Waals surface area contributed by atoms with Gasteiger partial charge in [-0.15, -0.1) is 5.10 Å². The minimum atomic E-state index is -0.862. The first-order valence-corrected chi connectivity index (χ1v) is 9.90. The van der Waals surface area contributed by atoms with Crippen molar-refractivity contribution in [1.29, 1.82) is 0 Å². The molecule has 5 rings (SSSR count). The monoisotopic (exact) mass is 413 g/mol. The molecule has 1 aliphatic rings. The van der Waals surface area contributed by atoms with Crippen molar-refractivity contribution < 1.29 is 19.4 Å². The van der Waals surface area contributed by atoms with Crippen molar-refractivity contribution in [1.82, 2.24) is 15.0 Å². The standard InChI is InChI=1S/C24H19N3O4/c28-24(29)13-16-2-1-3-19(12-16)21-15-27(26-25-21)20-7-4-17(5-8-20)18-6-9-22-23(14-18)31-11-10-30-22/h1-9,12,14-15H,10-11,13H2,(H,28,29). The summed E-state index contributed by atoms with van der Waals surface area (Å²) in [6, 6.07) is 21.3. The zero-order valence-electron chi connectivity index (χ0n) is 16.6. The van der Waals surface area contributed by atoms with Gasteiger partial charge in [0.25, 0.3) is 0 Å². The lowest BCUT2D eigenvalue weighted by Crippen LogP contribution is -2.15. The normalized spacial score (nSPS) is 12.5. The summed E-state index contributed by atoms with van der Waals surface area (Å²) in [6.45, 7) is 1.13. The average Bonchev–Trinajstić information content (AvgIpc) is 3.29. The summed E-state index contributed by atoms with van der Waals surface area (Å²) >= 11 is 0. The molecule has 0 radical (unpaired) electrons. The molecule has 0 atom stereocenters. The molecule has 31 heavy (non-hydrogen) atoms. The van der Waals surface area contributed by atoms with Gasteiger partial charge >= 0.3 is 5.97 Å². The quantitative estimate of drug-likeness (QED) is 0.532. The maximum absolute atomic E-state index is 11.0. The van der Waals surface area contributed by atoms with E-state index in [-0.39, 0.29) is 6.42 Å². The Morgan fingerprint density at radius 3 is 2.48 bits per heavy atom. The molecular formula is C24H19N3O4. The smallest absolute Gasteiger partial charge is 0.307 e. The Hall–Kier alpha value is -4.13. The number of aromatic nitrogens is 3. The minimum Gasteiger partial charge on any atom is -0.486 e. The van der Waals surface area contributed by atoms with Crippen LogP contribution in [0.25, 0.3) is 28.1 Å². The summed E-state index contributed by atoms with van der Waals surface area (Å²) in [4.78, 5) is 11.0. The number of fused-ring (bicyclic) bond motifs is 1. The molecule has 0 spiro atoms. The molecule has 0 aliphatic carbocycles. The molecule has 1 aromatic heterocycles. The zero-order valence-corrected chi connectivity index (χ0v) is 16.6. The fourth-order valence-corrected chi connectivity index (χ4v) is 3.57. The molecule has 7 nitrogen and oxygen atoms in total. The van der Waals surface area contributed by atoms with Crippen molar-refractivity contribution >= 4 is 5.97 Å². The Balaban J connectivity index is 1.38. The Labute approximate surface area is 178 Å². The largest absolute Gasteiger partial charge is 0.486 e. The predicted molar refractivity (Wildman–Crippen MR) is 115 cm³/mol. The van der Waals surface area contributed by atoms with Gasteiger partial charge in [-0.2, -0.15) is 0 Å². The fraction of sp³-hybridized carbons (Fsp3) is 0.125. The predicted octanol–water partition coefficient (Wildman–Crippen LogP) is 4.00. The Morgan fingerprint density at radius 2 is 1.68 bits per heavy atom. The molecule has 154 valence electrons. The summed E-state index contributed by atoms with van der Waals surface area (Å²) in [7, 11) is 0. The molecule has 1 aliphatic heterocycles. The van der Waals surface area contributed by atoms with E-state index in [0.29, 0.717) is 18.9 Å². The summed E-state index contributed by atoms with van der Waals surface area (Å²) < 4.78 is 13.0. The number of hydrogen-bond acceptors (Lipinski definition) is 5. The van der Waals surface area contributed by atoms with E-state index in [2.05, 4.69) is 10.3 Å². The van der Waals surface area contributed by atoms with Crippen LogP contribution >= 0.6 is 0 Å². The van der Waals surface area contributed by atoms with Crippen molar-refractivity contribution in [3.63, 3.8) is 0 Å². The number of carboxylic acid groups (broad SMARTS) is 1. The maximum atomic E-state index is 11.0. The lowest BCUT2D eigenvalue weighted by Gasteiger charge is -2.19. The van der Waals surface area contributed by atoms with Crippen molar-refractivity contribution in [2.24, 2.45) is 0 Å². The lowest BCUT2D eigenvalue weighted by molar-refractivity contribution is -0.136. The molecule has 0 saturated carbocycles. The number of aliphatic carboxylic acids is 1. The van der Waals surface area contributed by atoms with Crippen molar-refractivity contribution in [3.05, 3.63) is 78.5 Å². The second kappa shape index (κ2) is 7.95. The molecule has 2 heterocycles. The summed E-state index contributed by atoms with van der Waals surface area (Å²) in [5.74, 6) is 0.673. The second-order valence-electron chi connectivity index (χ2n) is 7.22. The Kier molecular flexibility index (Phi) is 4.84. The topological polar surface area (TPSA) is 86.5 Å². The number of carbonyl (C=O) groups is 1. The van der Waals surface area contributed by atoms with Crippen LogP contribution in [0.15, 0.2) is 72.9 Å². The van der Waals surface area contributed by atoms with E-state index in [1.807, 2.05) is 66.9 Å². The highest BCUT2D eigenvalue weighted by Gasteiger charge is 2.13. The van der Waals surface area contributed by atoms with Crippen molar-refractivity contribution in [2.45, 2.75) is 6.42 Å². The Bertz CT molecular complexity index is 1250. The van der Waals surface area contributed by atoms with Gasteiger partial charge in [0.2, 0.25) is 0 Å². The van der Waals surface area contributed by atoms with Gasteiger partial charge in [0.1, 0.15) is 18.9 Å². The molecule has 0 amide bonds. The highest BCUT2D eigenvalue weighted by atomic mass is 16.6. The molecule has 7 heteroatoms. The van der Waals surface area contributed by atoms with E-state index in [1.165, 1.54) is 0 Å². The molecule has 0 fully saturated rings. The maximum Gasteiger partial charge on any atom is 0.307 e. The number of carboxylic acids is 1. The van der Waals surface area contributed by atoms with Gasteiger partial charge in [-0.1, -0.05) is 41.6 Å². The summed E-state index contributed by atoms with van der Waals surface area (Å²) in [5, 5.41) is 17.5. The highest BCUT2D eigenvalue weighted by molar-refractivity contribution is 5.71. The fourth-order valence-electron chi connectivity index (χ4n) is 3.57. The summed E-state index contributed by atoms with van der Waals surface area (Å²) in [5.41, 5.74) is 5.22. The SMILES string of the molecule is O=C(O)Cc1cccc(-c2cn(-c3ccc(-c4ccc5c(c4)OCCO5)cc3)nn2)c1. The van der Waals surface area contributed by atoms with Crippen LogP contribution in [-0.2, 0) is 11.2 Å². The molecule has 0 bridgehead atoms. The van der Waals surface area contributed by atoms with Crippen LogP contribution in [0.1, 0.15) is 5.56 Å². The highest BCUT2D eigenvalue weighted by Crippen LogP contribution is 2.34. The van der Waals surface area contributed by atoms with Gasteiger partial charge in [0.15, 0.2) is 11.5 Å². The van der Waals surface area contributed by atoms with E-state index in [4.69, 9.17) is 14.6 Å². The third-order valence-corrected chi connectivity index (χ3v) is 5.08. The molecular weight excluding hydrogens is 394 g/mol. The van der Waals surface area contributed by atoms with E-state index in [0.717, 1.165) is 39.4 Å². The molecule has 4 aromatic rings. The zero-order chi connectivity index (χ0) is 21.2. The molecule has 0 saturated heterocycles. The van der Waals surface area contributed by atoms with Crippen molar-refractivity contribution in [2.75, 3.05) is 13.2 Å².